The molecule has 0 bridgehead atoms. The van der Waals surface area contributed by atoms with E-state index in [0.29, 0.717) is 0 Å². The van der Waals surface area contributed by atoms with Gasteiger partial charge < -0.3 is 11.1 Å². The lowest BCUT2D eigenvalue weighted by Crippen LogP contribution is -2.26. The van der Waals surface area contributed by atoms with Crippen LogP contribution < -0.4 is 11.1 Å². The molecule has 0 aromatic heterocycles. The maximum Gasteiger partial charge on any atom is 0.0906 e. The lowest BCUT2D eigenvalue weighted by molar-refractivity contribution is 0.603. The summed E-state index contributed by atoms with van der Waals surface area (Å²) in [5.74, 6) is 1.13. The number of rotatable bonds is 13. The Bertz CT molecular complexity index is 725. The highest BCUT2D eigenvalue weighted by Gasteiger charge is 2.36. The van der Waals surface area contributed by atoms with E-state index in [1.165, 1.54) is 42.4 Å². The van der Waals surface area contributed by atoms with Crippen LogP contribution in [0.1, 0.15) is 42.4 Å². The average Bonchev–Trinajstić information content (AvgIpc) is 2.82. The van der Waals surface area contributed by atoms with Crippen molar-refractivity contribution in [3.05, 3.63) is 108 Å². The van der Waals surface area contributed by atoms with Gasteiger partial charge in [-0.1, -0.05) is 104 Å². The molecular weight excluding hydrogens is 384 g/mol. The molecule has 0 aliphatic rings. The second-order valence-electron chi connectivity index (χ2n) is 7.58. The van der Waals surface area contributed by atoms with E-state index in [4.69, 9.17) is 5.73 Å². The van der Waals surface area contributed by atoms with E-state index in [1.54, 1.807) is 0 Å². The van der Waals surface area contributed by atoms with Crippen LogP contribution in [0.15, 0.2) is 91.0 Å². The number of nitrogens with two attached hydrogens (primary N) is 1. The van der Waals surface area contributed by atoms with Crippen LogP contribution in [-0.2, 0) is 4.75 Å². The molecule has 0 radical (unpaired) electrons. The van der Waals surface area contributed by atoms with Crippen LogP contribution in [0.4, 0.5) is 0 Å². The van der Waals surface area contributed by atoms with Gasteiger partial charge in [-0.15, -0.1) is 11.8 Å². The number of thioether (sulfide) groups is 1. The van der Waals surface area contributed by atoms with Gasteiger partial charge in [-0.2, -0.15) is 0 Å². The quantitative estimate of drug-likeness (QED) is 0.271. The van der Waals surface area contributed by atoms with Gasteiger partial charge in [-0.25, -0.2) is 0 Å². The largest absolute Gasteiger partial charge is 0.329 e. The Labute approximate surface area is 186 Å². The lowest BCUT2D eigenvalue weighted by Gasteiger charge is -2.35. The topological polar surface area (TPSA) is 38.0 Å². The first-order valence-corrected chi connectivity index (χ1v) is 12.1. The van der Waals surface area contributed by atoms with E-state index in [9.17, 15) is 0 Å². The number of benzene rings is 3. The van der Waals surface area contributed by atoms with Crippen LogP contribution in [0, 0.1) is 0 Å². The predicted octanol–water partition coefficient (Wildman–Crippen LogP) is 5.82. The van der Waals surface area contributed by atoms with Crippen molar-refractivity contribution in [3.8, 4) is 0 Å². The van der Waals surface area contributed by atoms with Gasteiger partial charge in [0.05, 0.1) is 4.75 Å². The van der Waals surface area contributed by atoms with Gasteiger partial charge in [-0.05, 0) is 41.8 Å². The summed E-state index contributed by atoms with van der Waals surface area (Å²) in [7, 11) is 0. The molecule has 30 heavy (non-hydrogen) atoms. The molecule has 158 valence electrons. The van der Waals surface area contributed by atoms with E-state index >= 15 is 0 Å². The number of unbranched alkanes of at least 4 members (excludes halogenated alkanes) is 3. The molecule has 0 heterocycles. The minimum absolute atomic E-state index is 0.188. The van der Waals surface area contributed by atoms with Crippen molar-refractivity contribution < 1.29 is 0 Å². The summed E-state index contributed by atoms with van der Waals surface area (Å²) in [5.41, 5.74) is 9.57. The van der Waals surface area contributed by atoms with Crippen molar-refractivity contribution >= 4 is 11.8 Å². The summed E-state index contributed by atoms with van der Waals surface area (Å²) in [6.45, 7) is 2.72. The van der Waals surface area contributed by atoms with E-state index in [-0.39, 0.29) is 4.75 Å². The van der Waals surface area contributed by atoms with Crippen molar-refractivity contribution in [1.82, 2.24) is 5.32 Å². The highest BCUT2D eigenvalue weighted by Crippen LogP contribution is 2.48. The second-order valence-corrected chi connectivity index (χ2v) is 8.89. The molecule has 0 amide bonds. The van der Waals surface area contributed by atoms with Crippen molar-refractivity contribution in [3.63, 3.8) is 0 Å². The van der Waals surface area contributed by atoms with Gasteiger partial charge in [0.2, 0.25) is 0 Å². The summed E-state index contributed by atoms with van der Waals surface area (Å²) in [5, 5.41) is 3.38. The average molecular weight is 419 g/mol. The van der Waals surface area contributed by atoms with Crippen LogP contribution in [0.3, 0.4) is 0 Å². The Morgan fingerprint density at radius 1 is 0.600 bits per heavy atom. The number of nitrogens with one attached hydrogen (secondary N) is 1. The summed E-state index contributed by atoms with van der Waals surface area (Å²) in [4.78, 5) is 0. The van der Waals surface area contributed by atoms with Crippen LogP contribution in [0.25, 0.3) is 0 Å². The first-order chi connectivity index (χ1) is 14.9. The van der Waals surface area contributed by atoms with Gasteiger partial charge in [0.25, 0.3) is 0 Å². The van der Waals surface area contributed by atoms with E-state index in [1.807, 2.05) is 0 Å². The van der Waals surface area contributed by atoms with Crippen molar-refractivity contribution in [2.45, 2.75) is 30.4 Å². The zero-order valence-corrected chi connectivity index (χ0v) is 18.6. The molecule has 0 saturated heterocycles. The van der Waals surface area contributed by atoms with E-state index < -0.39 is 0 Å². The number of hydrogen-bond donors (Lipinski definition) is 2. The summed E-state index contributed by atoms with van der Waals surface area (Å²) in [6.07, 6.45) is 5.00. The summed E-state index contributed by atoms with van der Waals surface area (Å²) < 4.78 is -0.188. The maximum absolute atomic E-state index is 5.53. The van der Waals surface area contributed by atoms with Crippen molar-refractivity contribution in [2.75, 3.05) is 25.4 Å². The molecule has 3 N–H and O–H groups in total. The SMILES string of the molecule is NCCNCCCCCCSC(c1ccccc1)(c1ccccc1)c1ccccc1. The predicted molar refractivity (Wildman–Crippen MR) is 132 cm³/mol. The molecule has 0 spiro atoms. The normalized spacial score (nSPS) is 11.5. The zero-order chi connectivity index (χ0) is 20.9. The summed E-state index contributed by atoms with van der Waals surface area (Å²) >= 11 is 2.07. The molecule has 0 saturated carbocycles. The fraction of sp³-hybridized carbons (Fsp3) is 0.333. The van der Waals surface area contributed by atoms with Crippen LogP contribution >= 0.6 is 11.8 Å². The van der Waals surface area contributed by atoms with Gasteiger partial charge in [0.15, 0.2) is 0 Å². The third kappa shape index (κ3) is 5.98. The van der Waals surface area contributed by atoms with Crippen molar-refractivity contribution in [2.24, 2.45) is 5.73 Å². The first-order valence-electron chi connectivity index (χ1n) is 11.1. The summed E-state index contributed by atoms with van der Waals surface area (Å²) in [6, 6.07) is 32.9. The Hall–Kier alpha value is -2.07. The molecule has 0 unspecified atom stereocenters. The second kappa shape index (κ2) is 12.6. The molecule has 2 nitrogen and oxygen atoms in total. The van der Waals surface area contributed by atoms with Gasteiger partial charge in [0.1, 0.15) is 0 Å². The molecule has 0 aliphatic heterocycles. The fourth-order valence-electron chi connectivity index (χ4n) is 3.93. The van der Waals surface area contributed by atoms with Crippen molar-refractivity contribution in [1.29, 1.82) is 0 Å². The van der Waals surface area contributed by atoms with Crippen LogP contribution in [0.2, 0.25) is 0 Å². The van der Waals surface area contributed by atoms with Crippen LogP contribution in [0.5, 0.6) is 0 Å². The molecule has 3 aromatic rings. The minimum Gasteiger partial charge on any atom is -0.329 e. The minimum atomic E-state index is -0.188. The highest BCUT2D eigenvalue weighted by atomic mass is 32.2. The standard InChI is InChI=1S/C27H34N2S/c28-20-22-29-21-12-1-2-13-23-30-27(24-14-6-3-7-15-24,25-16-8-4-9-17-25)26-18-10-5-11-19-26/h3-11,14-19,29H,1-2,12-13,20-23,28H2. The number of hydrogen-bond acceptors (Lipinski definition) is 3. The molecular formula is C27H34N2S. The zero-order valence-electron chi connectivity index (χ0n) is 17.8. The molecule has 3 aromatic carbocycles. The molecule has 0 atom stereocenters. The molecule has 3 heteroatoms. The monoisotopic (exact) mass is 418 g/mol. The smallest absolute Gasteiger partial charge is 0.0906 e. The van der Waals surface area contributed by atoms with E-state index in [2.05, 4.69) is 108 Å². The van der Waals surface area contributed by atoms with E-state index in [0.717, 1.165) is 25.4 Å². The molecule has 0 aliphatic carbocycles. The van der Waals surface area contributed by atoms with Gasteiger partial charge in [-0.3, -0.25) is 0 Å². The first kappa shape index (κ1) is 22.6. The third-order valence-electron chi connectivity index (χ3n) is 5.43. The lowest BCUT2D eigenvalue weighted by atomic mass is 9.84. The Balaban J connectivity index is 1.77. The third-order valence-corrected chi connectivity index (χ3v) is 7.06. The van der Waals surface area contributed by atoms with Gasteiger partial charge in [0, 0.05) is 13.1 Å². The Morgan fingerprint density at radius 2 is 1.07 bits per heavy atom. The van der Waals surface area contributed by atoms with Gasteiger partial charge >= 0.3 is 0 Å². The Kier molecular flexibility index (Phi) is 9.49. The van der Waals surface area contributed by atoms with Crippen LogP contribution in [-0.4, -0.2) is 25.4 Å². The maximum atomic E-state index is 5.53. The Morgan fingerprint density at radius 3 is 1.53 bits per heavy atom. The highest BCUT2D eigenvalue weighted by molar-refractivity contribution is 8.00. The molecule has 0 fully saturated rings. The fourth-order valence-corrected chi connectivity index (χ4v) is 5.49. The molecule has 3 rings (SSSR count).